The van der Waals surface area contributed by atoms with Gasteiger partial charge in [-0.1, -0.05) is 26.0 Å². The van der Waals surface area contributed by atoms with Crippen molar-refractivity contribution in [3.8, 4) is 0 Å². The van der Waals surface area contributed by atoms with E-state index in [1.807, 2.05) is 20.0 Å². The van der Waals surface area contributed by atoms with Crippen LogP contribution >= 0.6 is 0 Å². The van der Waals surface area contributed by atoms with E-state index in [4.69, 9.17) is 0 Å². The molecule has 1 N–H and O–H groups in total. The van der Waals surface area contributed by atoms with Crippen LogP contribution in [-0.4, -0.2) is 23.6 Å². The van der Waals surface area contributed by atoms with Crippen LogP contribution in [-0.2, 0) is 0 Å². The molecule has 21 heavy (non-hydrogen) atoms. The number of hydrogen-bond acceptors (Lipinski definition) is 4. The minimum atomic E-state index is -0.265. The van der Waals surface area contributed by atoms with Gasteiger partial charge in [-0.3, -0.25) is 0 Å². The Morgan fingerprint density at radius 3 is 2.57 bits per heavy atom. The smallest absolute Gasteiger partial charge is 0.146 e. The van der Waals surface area contributed by atoms with Crippen molar-refractivity contribution < 1.29 is 4.39 Å². The molecule has 0 bridgehead atoms. The molecular formula is C16H21FN4. The van der Waals surface area contributed by atoms with E-state index in [0.717, 1.165) is 23.7 Å². The van der Waals surface area contributed by atoms with Gasteiger partial charge in [-0.25, -0.2) is 14.4 Å². The number of halogens is 1. The molecule has 4 nitrogen and oxygen atoms in total. The van der Waals surface area contributed by atoms with Crippen LogP contribution in [0.25, 0.3) is 0 Å². The average molecular weight is 288 g/mol. The van der Waals surface area contributed by atoms with Gasteiger partial charge in [0.05, 0.1) is 5.69 Å². The van der Waals surface area contributed by atoms with Gasteiger partial charge in [-0.2, -0.15) is 0 Å². The number of benzene rings is 1. The minimum absolute atomic E-state index is 0.226. The Hall–Kier alpha value is -2.17. The SMILES string of the molecule is CCNc1ncnc(N(C)c2ccccc2F)c1C(C)C. The highest BCUT2D eigenvalue weighted by Gasteiger charge is 2.19. The first-order valence-electron chi connectivity index (χ1n) is 7.13. The number of para-hydroxylation sites is 1. The second-order valence-electron chi connectivity index (χ2n) is 5.16. The van der Waals surface area contributed by atoms with E-state index in [2.05, 4.69) is 29.1 Å². The molecule has 1 aromatic heterocycles. The van der Waals surface area contributed by atoms with Crippen LogP contribution in [0.5, 0.6) is 0 Å². The van der Waals surface area contributed by atoms with Gasteiger partial charge in [-0.15, -0.1) is 0 Å². The summed E-state index contributed by atoms with van der Waals surface area (Å²) in [6.45, 7) is 6.96. The van der Waals surface area contributed by atoms with Crippen LogP contribution in [0.2, 0.25) is 0 Å². The summed E-state index contributed by atoms with van der Waals surface area (Å²) in [6, 6.07) is 6.69. The van der Waals surface area contributed by atoms with Crippen molar-refractivity contribution in [3.05, 3.63) is 42.0 Å². The molecule has 2 rings (SSSR count). The molecule has 2 aromatic rings. The van der Waals surface area contributed by atoms with Gasteiger partial charge >= 0.3 is 0 Å². The maximum atomic E-state index is 14.0. The lowest BCUT2D eigenvalue weighted by Gasteiger charge is -2.24. The number of anilines is 3. The number of nitrogens with one attached hydrogen (secondary N) is 1. The Bertz CT molecular complexity index is 613. The predicted octanol–water partition coefficient (Wildman–Crippen LogP) is 3.94. The Balaban J connectivity index is 2.53. The van der Waals surface area contributed by atoms with Crippen LogP contribution in [0.4, 0.5) is 21.7 Å². The maximum absolute atomic E-state index is 14.0. The minimum Gasteiger partial charge on any atom is -0.370 e. The highest BCUT2D eigenvalue weighted by Crippen LogP contribution is 2.34. The zero-order chi connectivity index (χ0) is 15.4. The van der Waals surface area contributed by atoms with E-state index >= 15 is 0 Å². The van der Waals surface area contributed by atoms with Crippen LogP contribution in [0.1, 0.15) is 32.3 Å². The topological polar surface area (TPSA) is 41.1 Å². The zero-order valence-electron chi connectivity index (χ0n) is 12.9. The van der Waals surface area contributed by atoms with Gasteiger partial charge in [-0.05, 0) is 25.0 Å². The molecule has 0 atom stereocenters. The van der Waals surface area contributed by atoms with E-state index in [1.54, 1.807) is 17.0 Å². The fourth-order valence-corrected chi connectivity index (χ4v) is 2.33. The van der Waals surface area contributed by atoms with E-state index in [0.29, 0.717) is 5.69 Å². The van der Waals surface area contributed by atoms with Crippen LogP contribution in [0, 0.1) is 5.82 Å². The fourth-order valence-electron chi connectivity index (χ4n) is 2.33. The lowest BCUT2D eigenvalue weighted by atomic mass is 10.0. The van der Waals surface area contributed by atoms with Crippen LogP contribution < -0.4 is 10.2 Å². The van der Waals surface area contributed by atoms with Gasteiger partial charge in [0.25, 0.3) is 0 Å². The second kappa shape index (κ2) is 6.52. The molecule has 0 aliphatic heterocycles. The molecule has 112 valence electrons. The molecule has 0 aliphatic carbocycles. The fraction of sp³-hybridized carbons (Fsp3) is 0.375. The maximum Gasteiger partial charge on any atom is 0.146 e. The molecule has 1 heterocycles. The zero-order valence-corrected chi connectivity index (χ0v) is 12.9. The number of nitrogens with zero attached hydrogens (tertiary/aromatic N) is 3. The largest absolute Gasteiger partial charge is 0.370 e. The first-order chi connectivity index (χ1) is 10.1. The van der Waals surface area contributed by atoms with Crippen molar-refractivity contribution in [3.63, 3.8) is 0 Å². The Labute approximate surface area is 125 Å². The summed E-state index contributed by atoms with van der Waals surface area (Å²) < 4.78 is 14.0. The van der Waals surface area contributed by atoms with Crippen LogP contribution in [0.3, 0.4) is 0 Å². The molecule has 0 fully saturated rings. The summed E-state index contributed by atoms with van der Waals surface area (Å²) in [5, 5.41) is 3.25. The monoisotopic (exact) mass is 288 g/mol. The quantitative estimate of drug-likeness (QED) is 0.904. The van der Waals surface area contributed by atoms with Crippen molar-refractivity contribution in [2.45, 2.75) is 26.7 Å². The standard InChI is InChI=1S/C16H21FN4/c1-5-18-15-14(11(2)3)16(20-10-19-15)21(4)13-9-7-6-8-12(13)17/h6-11H,5H2,1-4H3,(H,18,19,20). The summed E-state index contributed by atoms with van der Waals surface area (Å²) in [7, 11) is 1.82. The van der Waals surface area contributed by atoms with Crippen molar-refractivity contribution in [1.82, 2.24) is 9.97 Å². The Morgan fingerprint density at radius 1 is 1.24 bits per heavy atom. The summed E-state index contributed by atoms with van der Waals surface area (Å²) >= 11 is 0. The molecule has 0 unspecified atom stereocenters. The van der Waals surface area contributed by atoms with Gasteiger partial charge in [0.2, 0.25) is 0 Å². The number of hydrogen-bond donors (Lipinski definition) is 1. The van der Waals surface area contributed by atoms with E-state index in [-0.39, 0.29) is 11.7 Å². The van der Waals surface area contributed by atoms with Gasteiger partial charge in [0.15, 0.2) is 0 Å². The number of rotatable bonds is 5. The molecular weight excluding hydrogens is 267 g/mol. The summed E-state index contributed by atoms with van der Waals surface area (Å²) in [5.74, 6) is 1.49. The number of aromatic nitrogens is 2. The molecule has 5 heteroatoms. The first kappa shape index (κ1) is 15.2. The molecule has 0 radical (unpaired) electrons. The van der Waals surface area contributed by atoms with Gasteiger partial charge < -0.3 is 10.2 Å². The molecule has 0 amide bonds. The lowest BCUT2D eigenvalue weighted by molar-refractivity contribution is 0.627. The van der Waals surface area contributed by atoms with Crippen LogP contribution in [0.15, 0.2) is 30.6 Å². The first-order valence-corrected chi connectivity index (χ1v) is 7.13. The Morgan fingerprint density at radius 2 is 1.95 bits per heavy atom. The van der Waals surface area contributed by atoms with Crippen molar-refractivity contribution in [2.24, 2.45) is 0 Å². The predicted molar refractivity (Wildman–Crippen MR) is 84.7 cm³/mol. The third kappa shape index (κ3) is 3.12. The summed E-state index contributed by atoms with van der Waals surface area (Å²) in [5.41, 5.74) is 1.49. The molecule has 0 aliphatic rings. The molecule has 0 saturated carbocycles. The lowest BCUT2D eigenvalue weighted by Crippen LogP contribution is -2.17. The molecule has 0 saturated heterocycles. The van der Waals surface area contributed by atoms with Gasteiger partial charge in [0, 0.05) is 19.2 Å². The summed E-state index contributed by atoms with van der Waals surface area (Å²) in [4.78, 5) is 10.4. The van der Waals surface area contributed by atoms with E-state index in [9.17, 15) is 4.39 Å². The highest BCUT2D eigenvalue weighted by atomic mass is 19.1. The Kier molecular flexibility index (Phi) is 4.73. The van der Waals surface area contributed by atoms with E-state index < -0.39 is 0 Å². The highest BCUT2D eigenvalue weighted by molar-refractivity contribution is 5.68. The van der Waals surface area contributed by atoms with Crippen molar-refractivity contribution in [2.75, 3.05) is 23.8 Å². The second-order valence-corrected chi connectivity index (χ2v) is 5.16. The van der Waals surface area contributed by atoms with Crippen molar-refractivity contribution >= 4 is 17.3 Å². The average Bonchev–Trinajstić information content (AvgIpc) is 2.47. The summed E-state index contributed by atoms with van der Waals surface area (Å²) in [6.07, 6.45) is 1.51. The van der Waals surface area contributed by atoms with E-state index in [1.165, 1.54) is 12.4 Å². The molecule has 0 spiro atoms. The third-order valence-electron chi connectivity index (χ3n) is 3.32. The van der Waals surface area contributed by atoms with Crippen molar-refractivity contribution in [1.29, 1.82) is 0 Å². The third-order valence-corrected chi connectivity index (χ3v) is 3.32. The molecule has 1 aromatic carbocycles. The normalized spacial score (nSPS) is 10.8. The van der Waals surface area contributed by atoms with Gasteiger partial charge in [0.1, 0.15) is 23.8 Å².